The highest BCUT2D eigenvalue weighted by atomic mass is 16.5. The van der Waals surface area contributed by atoms with Crippen LogP contribution in [0.5, 0.6) is 0 Å². The fraction of sp³-hybridized carbons (Fsp3) is 0.875. The molecule has 112 valence electrons. The molecule has 0 radical (unpaired) electrons. The average Bonchev–Trinajstić information content (AvgIpc) is 2.36. The number of hydrogen-bond donors (Lipinski definition) is 1. The van der Waals surface area contributed by atoms with Crippen molar-refractivity contribution in [1.29, 1.82) is 0 Å². The molecule has 1 rings (SSSR count). The number of hydrogen-bond acceptors (Lipinski definition) is 3. The summed E-state index contributed by atoms with van der Waals surface area (Å²) in [6.07, 6.45) is 7.37. The van der Waals surface area contributed by atoms with Gasteiger partial charge >= 0.3 is 0 Å². The van der Waals surface area contributed by atoms with E-state index in [1.807, 2.05) is 0 Å². The van der Waals surface area contributed by atoms with E-state index >= 15 is 0 Å². The molecule has 2 unspecified atom stereocenters. The highest BCUT2D eigenvalue weighted by Crippen LogP contribution is 2.27. The van der Waals surface area contributed by atoms with Crippen LogP contribution in [0.15, 0.2) is 11.6 Å². The first-order chi connectivity index (χ1) is 9.22. The summed E-state index contributed by atoms with van der Waals surface area (Å²) in [7, 11) is 1.70. The second-order valence-electron chi connectivity index (χ2n) is 5.81. The van der Waals surface area contributed by atoms with E-state index in [9.17, 15) is 0 Å². The summed E-state index contributed by atoms with van der Waals surface area (Å²) in [5, 5.41) is 3.59. The van der Waals surface area contributed by atoms with Gasteiger partial charge in [-0.15, -0.1) is 0 Å². The Morgan fingerprint density at radius 2 is 2.11 bits per heavy atom. The van der Waals surface area contributed by atoms with E-state index in [0.717, 1.165) is 38.0 Å². The van der Waals surface area contributed by atoms with Crippen LogP contribution in [-0.2, 0) is 9.47 Å². The second-order valence-corrected chi connectivity index (χ2v) is 5.81. The van der Waals surface area contributed by atoms with Crippen molar-refractivity contribution in [1.82, 2.24) is 5.32 Å². The molecule has 1 aliphatic rings. The van der Waals surface area contributed by atoms with Crippen LogP contribution in [-0.4, -0.2) is 40.0 Å². The third kappa shape index (κ3) is 8.40. The second kappa shape index (κ2) is 10.4. The molecule has 0 spiro atoms. The predicted octanol–water partition coefficient (Wildman–Crippen LogP) is 3.01. The van der Waals surface area contributed by atoms with Crippen molar-refractivity contribution < 1.29 is 9.47 Å². The maximum Gasteiger partial charge on any atom is 0.0700 e. The van der Waals surface area contributed by atoms with Gasteiger partial charge in [-0.05, 0) is 57.5 Å². The van der Waals surface area contributed by atoms with Crippen LogP contribution in [0.1, 0.15) is 39.5 Å². The molecule has 0 aliphatic heterocycles. The molecule has 0 bridgehead atoms. The molecular weight excluding hydrogens is 238 g/mol. The Kier molecular flexibility index (Phi) is 9.14. The fourth-order valence-corrected chi connectivity index (χ4v) is 2.85. The third-order valence-corrected chi connectivity index (χ3v) is 3.64. The lowest BCUT2D eigenvalue weighted by Crippen LogP contribution is -2.27. The smallest absolute Gasteiger partial charge is 0.0700 e. The number of unbranched alkanes of at least 4 members (excludes halogenated alkanes) is 1. The van der Waals surface area contributed by atoms with Crippen LogP contribution in [0, 0.1) is 11.8 Å². The Balaban J connectivity index is 1.90. The van der Waals surface area contributed by atoms with Gasteiger partial charge in [0.15, 0.2) is 0 Å². The van der Waals surface area contributed by atoms with Gasteiger partial charge in [-0.1, -0.05) is 18.6 Å². The van der Waals surface area contributed by atoms with Crippen molar-refractivity contribution in [2.75, 3.05) is 40.0 Å². The summed E-state index contributed by atoms with van der Waals surface area (Å²) in [6, 6.07) is 0. The highest BCUT2D eigenvalue weighted by molar-refractivity contribution is 5.06. The zero-order chi connectivity index (χ0) is 13.9. The van der Waals surface area contributed by atoms with Gasteiger partial charge in [0, 0.05) is 13.7 Å². The highest BCUT2D eigenvalue weighted by Gasteiger charge is 2.17. The van der Waals surface area contributed by atoms with Gasteiger partial charge in [0.1, 0.15) is 0 Å². The first-order valence-electron chi connectivity index (χ1n) is 7.67. The normalized spacial score (nSPS) is 23.4. The number of nitrogens with one attached hydrogen (secondary N) is 1. The Morgan fingerprint density at radius 3 is 2.84 bits per heavy atom. The molecule has 0 aromatic heterocycles. The largest absolute Gasteiger partial charge is 0.382 e. The first kappa shape index (κ1) is 16.7. The number of methoxy groups -OCH3 is 1. The average molecular weight is 269 g/mol. The molecule has 0 aromatic rings. The van der Waals surface area contributed by atoms with Gasteiger partial charge in [0.2, 0.25) is 0 Å². The van der Waals surface area contributed by atoms with Crippen LogP contribution in [0.3, 0.4) is 0 Å². The Bertz CT molecular complexity index is 253. The molecule has 0 amide bonds. The number of rotatable bonds is 10. The first-order valence-corrected chi connectivity index (χ1v) is 7.67. The van der Waals surface area contributed by atoms with Crippen molar-refractivity contribution >= 4 is 0 Å². The molecular formula is C16H31NO2. The van der Waals surface area contributed by atoms with E-state index in [1.54, 1.807) is 12.7 Å². The molecule has 0 aromatic carbocycles. The molecule has 0 fully saturated rings. The number of allylic oxidation sites excluding steroid dienone is 2. The molecule has 19 heavy (non-hydrogen) atoms. The Hall–Kier alpha value is -0.380. The van der Waals surface area contributed by atoms with Crippen molar-refractivity contribution in [2.24, 2.45) is 11.8 Å². The van der Waals surface area contributed by atoms with Crippen molar-refractivity contribution in [3.63, 3.8) is 0 Å². The predicted molar refractivity (Wildman–Crippen MR) is 80.4 cm³/mol. The monoisotopic (exact) mass is 269 g/mol. The van der Waals surface area contributed by atoms with Crippen LogP contribution in [0.25, 0.3) is 0 Å². The summed E-state index contributed by atoms with van der Waals surface area (Å²) in [4.78, 5) is 0. The lowest BCUT2D eigenvalue weighted by molar-refractivity contribution is 0.0688. The minimum atomic E-state index is 0.699. The standard InChI is InChI=1S/C16H31NO2/c1-14-10-15(2)12-16(11-14)13-17-6-4-5-7-19-9-8-18-3/h10,14,16-17H,4-9,11-13H2,1-3H3. The Labute approximate surface area is 118 Å². The molecule has 1 aliphatic carbocycles. The summed E-state index contributed by atoms with van der Waals surface area (Å²) < 4.78 is 10.4. The molecule has 3 heteroatoms. The Morgan fingerprint density at radius 1 is 1.26 bits per heavy atom. The van der Waals surface area contributed by atoms with E-state index in [0.29, 0.717) is 6.61 Å². The summed E-state index contributed by atoms with van der Waals surface area (Å²) in [5.41, 5.74) is 1.57. The van der Waals surface area contributed by atoms with Crippen LogP contribution < -0.4 is 5.32 Å². The minimum Gasteiger partial charge on any atom is -0.382 e. The van der Waals surface area contributed by atoms with E-state index in [4.69, 9.17) is 9.47 Å². The minimum absolute atomic E-state index is 0.699. The zero-order valence-corrected chi connectivity index (χ0v) is 12.9. The van der Waals surface area contributed by atoms with Gasteiger partial charge in [0.05, 0.1) is 13.2 Å². The lowest BCUT2D eigenvalue weighted by Gasteiger charge is -2.25. The summed E-state index contributed by atoms with van der Waals surface area (Å²) >= 11 is 0. The quantitative estimate of drug-likeness (QED) is 0.488. The molecule has 1 N–H and O–H groups in total. The van der Waals surface area contributed by atoms with Crippen LogP contribution in [0.4, 0.5) is 0 Å². The van der Waals surface area contributed by atoms with E-state index < -0.39 is 0 Å². The molecule has 0 heterocycles. The van der Waals surface area contributed by atoms with E-state index in [1.165, 1.54) is 25.8 Å². The molecule has 0 saturated carbocycles. The lowest BCUT2D eigenvalue weighted by atomic mass is 9.84. The van der Waals surface area contributed by atoms with Crippen molar-refractivity contribution in [3.8, 4) is 0 Å². The van der Waals surface area contributed by atoms with Gasteiger partial charge < -0.3 is 14.8 Å². The fourth-order valence-electron chi connectivity index (χ4n) is 2.85. The van der Waals surface area contributed by atoms with Gasteiger partial charge in [-0.3, -0.25) is 0 Å². The molecule has 0 saturated heterocycles. The van der Waals surface area contributed by atoms with Crippen LogP contribution >= 0.6 is 0 Å². The molecule has 3 nitrogen and oxygen atoms in total. The zero-order valence-electron chi connectivity index (χ0n) is 12.9. The van der Waals surface area contributed by atoms with E-state index in [-0.39, 0.29) is 0 Å². The molecule has 2 atom stereocenters. The van der Waals surface area contributed by atoms with Gasteiger partial charge in [-0.2, -0.15) is 0 Å². The summed E-state index contributed by atoms with van der Waals surface area (Å²) in [6.45, 7) is 9.14. The van der Waals surface area contributed by atoms with E-state index in [2.05, 4.69) is 25.2 Å². The maximum atomic E-state index is 5.44. The third-order valence-electron chi connectivity index (χ3n) is 3.64. The van der Waals surface area contributed by atoms with Crippen molar-refractivity contribution in [3.05, 3.63) is 11.6 Å². The van der Waals surface area contributed by atoms with Gasteiger partial charge in [-0.25, -0.2) is 0 Å². The SMILES string of the molecule is COCCOCCCCNCC1CC(C)=CC(C)C1. The van der Waals surface area contributed by atoms with Crippen molar-refractivity contribution in [2.45, 2.75) is 39.5 Å². The summed E-state index contributed by atoms with van der Waals surface area (Å²) in [5.74, 6) is 1.59. The topological polar surface area (TPSA) is 30.5 Å². The van der Waals surface area contributed by atoms with Crippen LogP contribution in [0.2, 0.25) is 0 Å². The maximum absolute atomic E-state index is 5.44. The number of ether oxygens (including phenoxy) is 2. The van der Waals surface area contributed by atoms with Gasteiger partial charge in [0.25, 0.3) is 0 Å².